The predicted molar refractivity (Wildman–Crippen MR) is 118 cm³/mol. The van der Waals surface area contributed by atoms with Crippen LogP contribution in [-0.2, 0) is 0 Å². The highest BCUT2D eigenvalue weighted by atomic mass is 16.3. The molecule has 3 rings (SSSR count). The first kappa shape index (κ1) is 20.8. The smallest absolute Gasteiger partial charge is 0.123 e. The van der Waals surface area contributed by atoms with Crippen molar-refractivity contribution in [1.29, 1.82) is 0 Å². The first-order valence-corrected chi connectivity index (χ1v) is 9.82. The molecule has 1 heterocycles. The molecule has 0 radical (unpaired) electrons. The Morgan fingerprint density at radius 3 is 2.41 bits per heavy atom. The summed E-state index contributed by atoms with van der Waals surface area (Å²) in [6.07, 6.45) is 5.11. The van der Waals surface area contributed by atoms with E-state index in [2.05, 4.69) is 17.6 Å². The summed E-state index contributed by atoms with van der Waals surface area (Å²) in [5.41, 5.74) is 2.79. The highest BCUT2D eigenvalue weighted by Crippen LogP contribution is 2.31. The van der Waals surface area contributed by atoms with Gasteiger partial charge in [0.25, 0.3) is 0 Å². The minimum Gasteiger partial charge on any atom is -0.507 e. The largest absolute Gasteiger partial charge is 0.507 e. The van der Waals surface area contributed by atoms with Crippen molar-refractivity contribution in [2.45, 2.75) is 32.0 Å². The highest BCUT2D eigenvalue weighted by Gasteiger charge is 2.21. The summed E-state index contributed by atoms with van der Waals surface area (Å²) in [7, 11) is 0. The molecule has 3 aromatic rings. The molecule has 0 aliphatic rings. The molecular weight excluding hydrogens is 362 g/mol. The fourth-order valence-corrected chi connectivity index (χ4v) is 3.62. The maximum atomic E-state index is 10.5. The Labute approximate surface area is 171 Å². The summed E-state index contributed by atoms with van der Waals surface area (Å²) in [5.74, 6) is -0.132. The van der Waals surface area contributed by atoms with Crippen LogP contribution in [0.5, 0.6) is 5.75 Å². The number of aromatic hydroxyl groups is 1. The fourth-order valence-electron chi connectivity index (χ4n) is 3.62. The Kier molecular flexibility index (Phi) is 6.81. The van der Waals surface area contributed by atoms with Crippen LogP contribution in [0, 0.1) is 5.92 Å². The van der Waals surface area contributed by atoms with Gasteiger partial charge in [0.1, 0.15) is 5.75 Å². The van der Waals surface area contributed by atoms with Gasteiger partial charge in [-0.2, -0.15) is 0 Å². The molecule has 3 N–H and O–H groups in total. The summed E-state index contributed by atoms with van der Waals surface area (Å²) in [5, 5.41) is 32.3. The zero-order valence-electron chi connectivity index (χ0n) is 16.6. The van der Waals surface area contributed by atoms with Crippen molar-refractivity contribution in [2.75, 3.05) is 0 Å². The minimum atomic E-state index is -0.698. The Balaban J connectivity index is 1.97. The molecule has 0 aliphatic carbocycles. The van der Waals surface area contributed by atoms with E-state index in [4.69, 9.17) is 0 Å². The standard InChI is InChI=1S/C25H27NO3/c1-3-20(17(2)27)24(28)14-12-19(23-10-6-7-15-26-23)16-18-11-13-25(29)22-9-5-4-8-21(18)22/h3-11,13,15-17,20,24,27-29H,1,12,14H2,2H3/b19-16-/t17-,20+,24-/m1/s1. The number of phenolic OH excluding ortho intramolecular Hbond substituents is 1. The Hall–Kier alpha value is -2.95. The highest BCUT2D eigenvalue weighted by molar-refractivity contribution is 5.98. The molecule has 0 unspecified atom stereocenters. The Morgan fingerprint density at radius 1 is 1.03 bits per heavy atom. The number of pyridine rings is 1. The average Bonchev–Trinajstić information content (AvgIpc) is 2.73. The van der Waals surface area contributed by atoms with Gasteiger partial charge in [-0.05, 0) is 60.6 Å². The minimum absolute atomic E-state index is 0.248. The van der Waals surface area contributed by atoms with Crippen molar-refractivity contribution < 1.29 is 15.3 Å². The predicted octanol–water partition coefficient (Wildman–Crippen LogP) is 4.81. The van der Waals surface area contributed by atoms with E-state index in [0.717, 1.165) is 27.6 Å². The molecule has 29 heavy (non-hydrogen) atoms. The zero-order chi connectivity index (χ0) is 20.8. The lowest BCUT2D eigenvalue weighted by molar-refractivity contribution is 0.0429. The summed E-state index contributed by atoms with van der Waals surface area (Å²) in [4.78, 5) is 4.48. The molecule has 4 heteroatoms. The second-order valence-electron chi connectivity index (χ2n) is 7.26. The number of benzene rings is 2. The molecule has 0 bridgehead atoms. The van der Waals surface area contributed by atoms with Gasteiger partial charge >= 0.3 is 0 Å². The van der Waals surface area contributed by atoms with E-state index in [-0.39, 0.29) is 11.7 Å². The Bertz CT molecular complexity index is 995. The molecule has 150 valence electrons. The quantitative estimate of drug-likeness (QED) is 0.484. The SMILES string of the molecule is C=C[C@H]([C@H](O)CC/C(=C/c1ccc(O)c2ccccc12)c1ccccn1)[C@@H](C)O. The van der Waals surface area contributed by atoms with Gasteiger partial charge in [0, 0.05) is 17.5 Å². The average molecular weight is 389 g/mol. The van der Waals surface area contributed by atoms with Crippen LogP contribution < -0.4 is 0 Å². The number of rotatable bonds is 8. The lowest BCUT2D eigenvalue weighted by Gasteiger charge is -2.22. The number of aromatic nitrogens is 1. The molecular formula is C25H27NO3. The lowest BCUT2D eigenvalue weighted by atomic mass is 9.91. The number of hydrogen-bond acceptors (Lipinski definition) is 4. The summed E-state index contributed by atoms with van der Waals surface area (Å²) in [6, 6.07) is 17.0. The number of nitrogens with zero attached hydrogens (tertiary/aromatic N) is 1. The maximum Gasteiger partial charge on any atom is 0.123 e. The summed E-state index contributed by atoms with van der Waals surface area (Å²) >= 11 is 0. The van der Waals surface area contributed by atoms with Crippen molar-refractivity contribution in [3.8, 4) is 5.75 Å². The third kappa shape index (κ3) is 4.91. The van der Waals surface area contributed by atoms with Crippen molar-refractivity contribution in [3.05, 3.63) is 84.7 Å². The van der Waals surface area contributed by atoms with E-state index < -0.39 is 12.2 Å². The van der Waals surface area contributed by atoms with Crippen LogP contribution in [0.15, 0.2) is 73.4 Å². The zero-order valence-corrected chi connectivity index (χ0v) is 16.6. The molecule has 0 spiro atoms. The van der Waals surface area contributed by atoms with E-state index >= 15 is 0 Å². The van der Waals surface area contributed by atoms with E-state index in [1.165, 1.54) is 0 Å². The maximum absolute atomic E-state index is 10.5. The third-order valence-electron chi connectivity index (χ3n) is 5.24. The van der Waals surface area contributed by atoms with Crippen LogP contribution in [0.1, 0.15) is 31.0 Å². The first-order chi connectivity index (χ1) is 14.0. The third-order valence-corrected chi connectivity index (χ3v) is 5.24. The van der Waals surface area contributed by atoms with Gasteiger partial charge in [0.15, 0.2) is 0 Å². The Morgan fingerprint density at radius 2 is 1.76 bits per heavy atom. The molecule has 4 nitrogen and oxygen atoms in total. The summed E-state index contributed by atoms with van der Waals surface area (Å²) < 4.78 is 0. The van der Waals surface area contributed by atoms with Crippen LogP contribution in [0.25, 0.3) is 22.4 Å². The van der Waals surface area contributed by atoms with Crippen LogP contribution in [0.3, 0.4) is 0 Å². The molecule has 1 aromatic heterocycles. The lowest BCUT2D eigenvalue weighted by Crippen LogP contribution is -2.28. The van der Waals surface area contributed by atoms with Gasteiger partial charge in [-0.15, -0.1) is 6.58 Å². The molecule has 0 aliphatic heterocycles. The van der Waals surface area contributed by atoms with Crippen LogP contribution in [-0.4, -0.2) is 32.5 Å². The number of fused-ring (bicyclic) bond motifs is 1. The van der Waals surface area contributed by atoms with Gasteiger partial charge in [0.05, 0.1) is 17.9 Å². The number of aliphatic hydroxyl groups excluding tert-OH is 2. The summed E-state index contributed by atoms with van der Waals surface area (Å²) in [6.45, 7) is 5.39. The van der Waals surface area contributed by atoms with Gasteiger partial charge in [-0.1, -0.05) is 42.5 Å². The second kappa shape index (κ2) is 9.50. The topological polar surface area (TPSA) is 73.6 Å². The van der Waals surface area contributed by atoms with Gasteiger partial charge in [0.2, 0.25) is 0 Å². The van der Waals surface area contributed by atoms with Gasteiger partial charge in [-0.3, -0.25) is 4.98 Å². The van der Waals surface area contributed by atoms with Crippen LogP contribution in [0.2, 0.25) is 0 Å². The number of phenols is 1. The monoisotopic (exact) mass is 389 g/mol. The van der Waals surface area contributed by atoms with Crippen molar-refractivity contribution in [1.82, 2.24) is 4.98 Å². The molecule has 0 fully saturated rings. The van der Waals surface area contributed by atoms with Crippen molar-refractivity contribution in [2.24, 2.45) is 5.92 Å². The molecule has 2 aromatic carbocycles. The van der Waals surface area contributed by atoms with E-state index in [9.17, 15) is 15.3 Å². The van der Waals surface area contributed by atoms with E-state index in [1.807, 2.05) is 48.5 Å². The number of hydrogen-bond donors (Lipinski definition) is 3. The molecule has 0 saturated heterocycles. The van der Waals surface area contributed by atoms with Crippen molar-refractivity contribution in [3.63, 3.8) is 0 Å². The van der Waals surface area contributed by atoms with Gasteiger partial charge < -0.3 is 15.3 Å². The fraction of sp³-hybridized carbons (Fsp3) is 0.240. The van der Waals surface area contributed by atoms with Crippen LogP contribution in [0.4, 0.5) is 0 Å². The van der Waals surface area contributed by atoms with Crippen molar-refractivity contribution >= 4 is 22.4 Å². The molecule has 0 amide bonds. The van der Waals surface area contributed by atoms with E-state index in [0.29, 0.717) is 12.8 Å². The van der Waals surface area contributed by atoms with Crippen LogP contribution >= 0.6 is 0 Å². The van der Waals surface area contributed by atoms with E-state index in [1.54, 1.807) is 25.3 Å². The number of allylic oxidation sites excluding steroid dienone is 1. The molecule has 0 saturated carbocycles. The molecule has 3 atom stereocenters. The first-order valence-electron chi connectivity index (χ1n) is 9.82. The number of aliphatic hydroxyl groups is 2. The van der Waals surface area contributed by atoms with Gasteiger partial charge in [-0.25, -0.2) is 0 Å². The normalized spacial score (nSPS) is 15.1. The second-order valence-corrected chi connectivity index (χ2v) is 7.26.